The summed E-state index contributed by atoms with van der Waals surface area (Å²) < 4.78 is 0. The Balaban J connectivity index is 2.79. The van der Waals surface area contributed by atoms with Crippen LogP contribution in [0.3, 0.4) is 0 Å². The second-order valence-corrected chi connectivity index (χ2v) is 3.02. The molecule has 1 N–H and O–H groups in total. The van der Waals surface area contributed by atoms with Crippen LogP contribution in [0.1, 0.15) is 10.6 Å². The molecular weight excluding hydrogens is 166 g/mol. The average Bonchev–Trinajstić information content (AvgIpc) is 2.36. The van der Waals surface area contributed by atoms with Gasteiger partial charge < -0.3 is 5.11 Å². The van der Waals surface area contributed by atoms with Crippen molar-refractivity contribution in [2.75, 3.05) is 0 Å². The van der Waals surface area contributed by atoms with Crippen LogP contribution in [0.5, 0.6) is 0 Å². The van der Waals surface area contributed by atoms with Gasteiger partial charge in [0.05, 0.1) is 17.8 Å². The second kappa shape index (κ2) is 3.75. The molecule has 10 heavy (non-hydrogen) atoms. The number of nitrogens with zero attached hydrogens (tertiary/aromatic N) is 1. The van der Waals surface area contributed by atoms with Crippen molar-refractivity contribution in [1.82, 2.24) is 4.98 Å². The van der Waals surface area contributed by atoms with Gasteiger partial charge in [-0.1, -0.05) is 12.2 Å². The third-order valence-electron chi connectivity index (χ3n) is 1.14. The van der Waals surface area contributed by atoms with E-state index in [9.17, 15) is 0 Å². The molecule has 54 valence electrons. The van der Waals surface area contributed by atoms with Gasteiger partial charge in [-0.25, -0.2) is 4.98 Å². The number of aliphatic hydroxyl groups excluding tert-OH is 1. The highest BCUT2D eigenvalue weighted by Gasteiger charge is 2.01. The zero-order valence-electron chi connectivity index (χ0n) is 5.28. The minimum atomic E-state index is 0.0159. The Kier molecular flexibility index (Phi) is 2.92. The summed E-state index contributed by atoms with van der Waals surface area (Å²) in [6, 6.07) is 0. The molecule has 0 spiro atoms. The summed E-state index contributed by atoms with van der Waals surface area (Å²) in [7, 11) is 0. The van der Waals surface area contributed by atoms with Crippen LogP contribution in [0.4, 0.5) is 0 Å². The molecule has 0 atom stereocenters. The monoisotopic (exact) mass is 173 g/mol. The number of rotatable bonds is 3. The van der Waals surface area contributed by atoms with Crippen molar-refractivity contribution in [1.29, 1.82) is 0 Å². The van der Waals surface area contributed by atoms with E-state index in [1.165, 1.54) is 11.3 Å². The lowest BCUT2D eigenvalue weighted by molar-refractivity contribution is 0.277. The SMILES string of the molecule is OCc1ncsc1CC=S. The quantitative estimate of drug-likeness (QED) is 0.697. The number of thiazole rings is 1. The van der Waals surface area contributed by atoms with Crippen molar-refractivity contribution < 1.29 is 5.11 Å². The van der Waals surface area contributed by atoms with Gasteiger partial charge in [0.1, 0.15) is 0 Å². The van der Waals surface area contributed by atoms with E-state index in [2.05, 4.69) is 17.2 Å². The summed E-state index contributed by atoms with van der Waals surface area (Å²) in [6.07, 6.45) is 0.732. The molecule has 0 bridgehead atoms. The molecule has 4 heteroatoms. The third-order valence-corrected chi connectivity index (χ3v) is 2.21. The second-order valence-electron chi connectivity index (χ2n) is 1.75. The minimum absolute atomic E-state index is 0.0159. The molecule has 0 aromatic carbocycles. The lowest BCUT2D eigenvalue weighted by Crippen LogP contribution is -1.89. The van der Waals surface area contributed by atoms with Crippen LogP contribution in [0.2, 0.25) is 0 Å². The molecule has 1 heterocycles. The molecule has 1 rings (SSSR count). The van der Waals surface area contributed by atoms with Gasteiger partial charge in [-0.05, 0) is 5.37 Å². The van der Waals surface area contributed by atoms with E-state index in [1.54, 1.807) is 10.9 Å². The molecule has 2 nitrogen and oxygen atoms in total. The molecule has 0 fully saturated rings. The first kappa shape index (κ1) is 7.78. The number of thiocarbonyl (C=S) groups is 1. The highest BCUT2D eigenvalue weighted by atomic mass is 32.1. The first-order chi connectivity index (χ1) is 4.88. The van der Waals surface area contributed by atoms with Gasteiger partial charge in [-0.3, -0.25) is 0 Å². The van der Waals surface area contributed by atoms with Crippen molar-refractivity contribution in [3.63, 3.8) is 0 Å². The maximum absolute atomic E-state index is 8.73. The highest BCUT2D eigenvalue weighted by molar-refractivity contribution is 7.79. The van der Waals surface area contributed by atoms with E-state index in [0.29, 0.717) is 0 Å². The summed E-state index contributed by atoms with van der Waals surface area (Å²) in [5.74, 6) is 0. The minimum Gasteiger partial charge on any atom is -0.390 e. The molecular formula is C6H7NOS2. The van der Waals surface area contributed by atoms with E-state index in [4.69, 9.17) is 5.11 Å². The summed E-state index contributed by atoms with van der Waals surface area (Å²) >= 11 is 6.21. The molecule has 0 aliphatic rings. The van der Waals surface area contributed by atoms with Crippen LogP contribution in [0.15, 0.2) is 5.51 Å². The summed E-state index contributed by atoms with van der Waals surface area (Å²) in [5.41, 5.74) is 2.48. The normalized spacial score (nSPS) is 9.70. The van der Waals surface area contributed by atoms with Crippen LogP contribution in [-0.4, -0.2) is 15.5 Å². The molecule has 0 amide bonds. The van der Waals surface area contributed by atoms with Crippen LogP contribution < -0.4 is 0 Å². The van der Waals surface area contributed by atoms with E-state index >= 15 is 0 Å². The smallest absolute Gasteiger partial charge is 0.0864 e. The Morgan fingerprint density at radius 2 is 2.60 bits per heavy atom. The molecule has 1 aromatic rings. The van der Waals surface area contributed by atoms with Gasteiger partial charge in [0, 0.05) is 11.3 Å². The average molecular weight is 173 g/mol. The Labute approximate surface area is 68.5 Å². The van der Waals surface area contributed by atoms with Crippen LogP contribution in [0, 0.1) is 0 Å². The van der Waals surface area contributed by atoms with E-state index < -0.39 is 0 Å². The summed E-state index contributed by atoms with van der Waals surface area (Å²) in [4.78, 5) is 5.02. The van der Waals surface area contributed by atoms with Crippen molar-refractivity contribution in [2.45, 2.75) is 13.0 Å². The number of aliphatic hydroxyl groups is 1. The first-order valence-electron chi connectivity index (χ1n) is 2.84. The molecule has 0 aliphatic heterocycles. The van der Waals surface area contributed by atoms with Gasteiger partial charge in [0.2, 0.25) is 0 Å². The predicted octanol–water partition coefficient (Wildman–Crippen LogP) is 1.18. The lowest BCUT2D eigenvalue weighted by Gasteiger charge is -1.91. The van der Waals surface area contributed by atoms with E-state index in [1.807, 2.05) is 0 Å². The number of hydrogen-bond donors (Lipinski definition) is 1. The van der Waals surface area contributed by atoms with Crippen LogP contribution >= 0.6 is 23.6 Å². The fourth-order valence-corrected chi connectivity index (χ4v) is 1.68. The van der Waals surface area contributed by atoms with Crippen molar-refractivity contribution >= 4 is 28.9 Å². The van der Waals surface area contributed by atoms with E-state index in [0.717, 1.165) is 17.0 Å². The molecule has 0 aliphatic carbocycles. The Morgan fingerprint density at radius 1 is 1.80 bits per heavy atom. The zero-order valence-corrected chi connectivity index (χ0v) is 6.91. The zero-order chi connectivity index (χ0) is 7.40. The van der Waals surface area contributed by atoms with Gasteiger partial charge in [-0.2, -0.15) is 0 Å². The van der Waals surface area contributed by atoms with Gasteiger partial charge in [0.25, 0.3) is 0 Å². The Bertz CT molecular complexity index is 221. The fraction of sp³-hybridized carbons (Fsp3) is 0.333. The van der Waals surface area contributed by atoms with Crippen LogP contribution in [0.25, 0.3) is 0 Å². The lowest BCUT2D eigenvalue weighted by atomic mass is 10.3. The number of aromatic nitrogens is 1. The van der Waals surface area contributed by atoms with Gasteiger partial charge in [0.15, 0.2) is 0 Å². The molecule has 0 saturated carbocycles. The summed E-state index contributed by atoms with van der Waals surface area (Å²) in [5, 5.41) is 10.4. The first-order valence-corrected chi connectivity index (χ1v) is 4.19. The maximum Gasteiger partial charge on any atom is 0.0864 e. The van der Waals surface area contributed by atoms with Crippen molar-refractivity contribution in [3.05, 3.63) is 16.1 Å². The van der Waals surface area contributed by atoms with Crippen LogP contribution in [-0.2, 0) is 13.0 Å². The molecule has 1 aromatic heterocycles. The predicted molar refractivity (Wildman–Crippen MR) is 45.4 cm³/mol. The number of hydrogen-bond acceptors (Lipinski definition) is 4. The van der Waals surface area contributed by atoms with Gasteiger partial charge >= 0.3 is 0 Å². The third kappa shape index (κ3) is 1.59. The molecule has 0 unspecified atom stereocenters. The Morgan fingerprint density at radius 3 is 3.20 bits per heavy atom. The molecule has 0 radical (unpaired) electrons. The standard InChI is InChI=1S/C6H7NOS2/c8-3-5-6(1-2-9)10-4-7-5/h2,4,8H,1,3H2. The fourth-order valence-electron chi connectivity index (χ4n) is 0.664. The largest absolute Gasteiger partial charge is 0.390 e. The Hall–Kier alpha value is -0.320. The molecule has 0 saturated heterocycles. The van der Waals surface area contributed by atoms with Crippen molar-refractivity contribution in [2.24, 2.45) is 0 Å². The maximum atomic E-state index is 8.73. The van der Waals surface area contributed by atoms with Gasteiger partial charge in [-0.15, -0.1) is 11.3 Å². The highest BCUT2D eigenvalue weighted by Crippen LogP contribution is 2.12. The summed E-state index contributed by atoms with van der Waals surface area (Å²) in [6.45, 7) is 0.0159. The topological polar surface area (TPSA) is 33.1 Å². The van der Waals surface area contributed by atoms with Crippen molar-refractivity contribution in [3.8, 4) is 0 Å². The van der Waals surface area contributed by atoms with E-state index in [-0.39, 0.29) is 6.61 Å².